The van der Waals surface area contributed by atoms with Crippen molar-refractivity contribution < 1.29 is 81.6 Å². The molecule has 0 bridgehead atoms. The first kappa shape index (κ1) is 62.2. The summed E-state index contributed by atoms with van der Waals surface area (Å²) in [5, 5.41) is 34.0. The molecule has 3 atom stereocenters. The lowest BCUT2D eigenvalue weighted by Gasteiger charge is -2.33. The summed E-state index contributed by atoms with van der Waals surface area (Å²) < 4.78 is 54.0. The molecule has 0 aliphatic rings. The highest BCUT2D eigenvalue weighted by atomic mass is 31.2. The van der Waals surface area contributed by atoms with E-state index in [0.29, 0.717) is 44.3 Å². The Balaban J connectivity index is 1.56. The number of carbonyl (C=O) groups excluding carboxylic acids is 5. The number of hydrogen-bond acceptors (Lipinski definition) is 16. The summed E-state index contributed by atoms with van der Waals surface area (Å²) in [7, 11) is 9.08. The van der Waals surface area contributed by atoms with E-state index in [1.165, 1.54) is 76.1 Å². The molecule has 7 N–H and O–H groups in total. The molecule has 0 aliphatic heterocycles. The molecule has 80 heavy (non-hydrogen) atoms. The van der Waals surface area contributed by atoms with Crippen LogP contribution in [0.2, 0.25) is 0 Å². The summed E-state index contributed by atoms with van der Waals surface area (Å²) >= 11 is 0. The van der Waals surface area contributed by atoms with Gasteiger partial charge in [-0.25, -0.2) is 4.79 Å². The predicted octanol–water partition coefficient (Wildman–Crippen LogP) is 3.07. The zero-order valence-corrected chi connectivity index (χ0v) is 47.6. The SMILES string of the molecule is COc1cc(OC)c([P+](CC(=O)N[C@@H](Cc2ccc(O)cc2)C(=O)NCC(=O)NCC(=O)N[C@@H](Cc2ccccc2)C(=O)N[C@@H](CC(C)C)C(=O)O)(c2c(OC)cc(OC)cc2OC)c2c(OC)cc(OC)cc2OC)c(OC)c1. The number of carboxylic acids is 1. The third-order valence-corrected chi connectivity index (χ3v) is 17.1. The van der Waals surface area contributed by atoms with Crippen LogP contribution in [0.25, 0.3) is 0 Å². The lowest BCUT2D eigenvalue weighted by molar-refractivity contribution is -0.142. The van der Waals surface area contributed by atoms with Crippen molar-refractivity contribution in [3.63, 3.8) is 0 Å². The van der Waals surface area contributed by atoms with Crippen LogP contribution >= 0.6 is 7.26 Å². The van der Waals surface area contributed by atoms with Crippen molar-refractivity contribution in [3.8, 4) is 57.5 Å². The number of carboxylic acid groups (broad SMARTS) is 1. The summed E-state index contributed by atoms with van der Waals surface area (Å²) in [5.41, 5.74) is 1.19. The molecule has 5 amide bonds. The second kappa shape index (κ2) is 29.4. The molecule has 0 saturated carbocycles. The second-order valence-electron chi connectivity index (χ2n) is 18.4. The molecule has 5 aromatic carbocycles. The number of rotatable bonds is 30. The zero-order valence-electron chi connectivity index (χ0n) is 46.7. The summed E-state index contributed by atoms with van der Waals surface area (Å²) in [6.45, 7) is 2.33. The van der Waals surface area contributed by atoms with Crippen LogP contribution in [-0.4, -0.2) is 147 Å². The van der Waals surface area contributed by atoms with Gasteiger partial charge in [-0.2, -0.15) is 0 Å². The molecule has 0 saturated heterocycles. The average Bonchev–Trinajstić information content (AvgIpc) is 3.43. The molecule has 430 valence electrons. The fourth-order valence-corrected chi connectivity index (χ4v) is 13.9. The Morgan fingerprint density at radius 1 is 0.463 bits per heavy atom. The normalized spacial score (nSPS) is 12.1. The number of phenols is 1. The van der Waals surface area contributed by atoms with Gasteiger partial charge in [0.25, 0.3) is 5.91 Å². The van der Waals surface area contributed by atoms with E-state index in [9.17, 15) is 34.2 Å². The van der Waals surface area contributed by atoms with Crippen LogP contribution in [-0.2, 0) is 41.6 Å². The zero-order chi connectivity index (χ0) is 58.7. The number of carbonyl (C=O) groups is 6. The van der Waals surface area contributed by atoms with Crippen LogP contribution in [0, 0.1) is 5.92 Å². The number of benzene rings is 5. The number of amides is 5. The van der Waals surface area contributed by atoms with Gasteiger partial charge in [0.15, 0.2) is 56.6 Å². The van der Waals surface area contributed by atoms with E-state index in [4.69, 9.17) is 42.6 Å². The van der Waals surface area contributed by atoms with Crippen molar-refractivity contribution in [1.29, 1.82) is 0 Å². The Bertz CT molecular complexity index is 2730. The molecule has 0 fully saturated rings. The van der Waals surface area contributed by atoms with Gasteiger partial charge in [0, 0.05) is 49.2 Å². The van der Waals surface area contributed by atoms with Gasteiger partial charge >= 0.3 is 5.97 Å². The Hall–Kier alpha value is -8.65. The topological polar surface area (TPSA) is 286 Å². The summed E-state index contributed by atoms with van der Waals surface area (Å²) in [6.07, 6.45) is -0.515. The number of phenolic OH excluding ortho intramolecular Hbond substituents is 1. The molecule has 5 aromatic rings. The van der Waals surface area contributed by atoms with Crippen LogP contribution in [0.5, 0.6) is 57.5 Å². The first-order chi connectivity index (χ1) is 38.3. The van der Waals surface area contributed by atoms with Gasteiger partial charge < -0.3 is 79.4 Å². The van der Waals surface area contributed by atoms with Gasteiger partial charge in [0.05, 0.1) is 77.1 Å². The van der Waals surface area contributed by atoms with E-state index in [2.05, 4.69) is 26.6 Å². The van der Waals surface area contributed by atoms with Crippen LogP contribution in [0.15, 0.2) is 91.0 Å². The van der Waals surface area contributed by atoms with E-state index >= 15 is 4.79 Å². The van der Waals surface area contributed by atoms with Crippen molar-refractivity contribution >= 4 is 58.7 Å². The maximum absolute atomic E-state index is 15.6. The summed E-state index contributed by atoms with van der Waals surface area (Å²) in [5.74, 6) is -3.01. The Morgan fingerprint density at radius 3 is 1.24 bits per heavy atom. The molecular weight excluding hydrogens is 1060 g/mol. The van der Waals surface area contributed by atoms with E-state index in [1.807, 2.05) is 13.8 Å². The van der Waals surface area contributed by atoms with Gasteiger partial charge in [-0.15, -0.1) is 0 Å². The van der Waals surface area contributed by atoms with Crippen molar-refractivity contribution in [2.45, 2.75) is 51.2 Å². The van der Waals surface area contributed by atoms with Crippen LogP contribution < -0.4 is 85.1 Å². The quantitative estimate of drug-likeness (QED) is 0.0325. The van der Waals surface area contributed by atoms with Crippen molar-refractivity contribution in [2.75, 3.05) is 83.2 Å². The maximum Gasteiger partial charge on any atom is 0.326 e. The van der Waals surface area contributed by atoms with E-state index in [-0.39, 0.29) is 65.4 Å². The van der Waals surface area contributed by atoms with Gasteiger partial charge in [0.2, 0.25) is 23.6 Å². The Labute approximate surface area is 465 Å². The van der Waals surface area contributed by atoms with Gasteiger partial charge in [-0.3, -0.25) is 24.0 Å². The number of ether oxygens (including phenoxy) is 9. The third-order valence-electron chi connectivity index (χ3n) is 12.7. The summed E-state index contributed by atoms with van der Waals surface area (Å²) in [6, 6.07) is 20.6. The van der Waals surface area contributed by atoms with Crippen LogP contribution in [0.3, 0.4) is 0 Å². The molecule has 23 heteroatoms. The highest BCUT2D eigenvalue weighted by Gasteiger charge is 2.59. The molecule has 0 aliphatic carbocycles. The highest BCUT2D eigenvalue weighted by Crippen LogP contribution is 2.66. The van der Waals surface area contributed by atoms with Gasteiger partial charge in [-0.1, -0.05) is 56.3 Å². The number of aliphatic carboxylic acids is 1. The molecular formula is C57H71N5O17P+. The van der Waals surface area contributed by atoms with E-state index < -0.39 is 80.1 Å². The van der Waals surface area contributed by atoms with Gasteiger partial charge in [-0.05, 0) is 35.6 Å². The first-order valence-electron chi connectivity index (χ1n) is 25.1. The molecule has 0 unspecified atom stereocenters. The van der Waals surface area contributed by atoms with E-state index in [1.54, 1.807) is 78.9 Å². The van der Waals surface area contributed by atoms with Crippen LogP contribution in [0.1, 0.15) is 31.4 Å². The molecule has 5 rings (SSSR count). The highest BCUT2D eigenvalue weighted by molar-refractivity contribution is 7.97. The lowest BCUT2D eigenvalue weighted by Crippen LogP contribution is -2.54. The first-order valence-corrected chi connectivity index (χ1v) is 27.1. The lowest BCUT2D eigenvalue weighted by atomic mass is 10.0. The largest absolute Gasteiger partial charge is 0.508 e. The molecule has 0 radical (unpaired) electrons. The smallest absolute Gasteiger partial charge is 0.326 e. The molecule has 0 spiro atoms. The fraction of sp³-hybridized carbons (Fsp3) is 0.368. The standard InChI is InChI=1S/C57H70N5O17P/c1-33(2)21-42(57(69)70)62-56(68)41(22-34-15-13-12-14-16-34)60-50(65)31-58-49(64)30-59-55(67)40(23-35-17-19-36(63)20-18-35)61-51(66)32-80(52-43(74-6)24-37(71-3)25-44(52)75-7,53-45(76-8)26-38(72-4)27-46(53)77-9)54-47(78-10)28-39(73-5)29-48(54)79-11/h12-20,24-29,33,40-42H,21-23,30-32H2,1-11H3,(H6-,58,59,60,61,62,63,64,65,66,67,68,69,70)/p+1/t40-,41-,42-/m0/s1. The molecule has 0 aromatic heterocycles. The van der Waals surface area contributed by atoms with Crippen molar-refractivity contribution in [2.24, 2.45) is 5.92 Å². The number of methoxy groups -OCH3 is 9. The summed E-state index contributed by atoms with van der Waals surface area (Å²) in [4.78, 5) is 82.4. The number of aromatic hydroxyl groups is 1. The minimum absolute atomic E-state index is 0.0112. The van der Waals surface area contributed by atoms with E-state index in [0.717, 1.165) is 0 Å². The Morgan fingerprint density at radius 2 is 0.850 bits per heavy atom. The third kappa shape index (κ3) is 15.5. The van der Waals surface area contributed by atoms with Crippen molar-refractivity contribution in [3.05, 3.63) is 102 Å². The molecule has 22 nitrogen and oxygen atoms in total. The Kier molecular flexibility index (Phi) is 22.8. The average molecular weight is 1130 g/mol. The second-order valence-corrected chi connectivity index (χ2v) is 21.7. The molecule has 0 heterocycles. The number of nitrogens with one attached hydrogen (secondary N) is 5. The van der Waals surface area contributed by atoms with Gasteiger partial charge in [0.1, 0.15) is 48.4 Å². The van der Waals surface area contributed by atoms with Crippen molar-refractivity contribution in [1.82, 2.24) is 26.6 Å². The van der Waals surface area contributed by atoms with Crippen LogP contribution in [0.4, 0.5) is 0 Å². The number of hydrogen-bond donors (Lipinski definition) is 7. The predicted molar refractivity (Wildman–Crippen MR) is 300 cm³/mol. The minimum atomic E-state index is -3.95. The maximum atomic E-state index is 15.6. The minimum Gasteiger partial charge on any atom is -0.508 e. The fourth-order valence-electron chi connectivity index (χ4n) is 9.00. The monoisotopic (exact) mass is 1130 g/mol.